The number of nitrogens with one attached hydrogen (secondary N) is 2. The van der Waals surface area contributed by atoms with Gasteiger partial charge in [0.05, 0.1) is 5.56 Å². The Bertz CT molecular complexity index is 459. The molecule has 2 N–H and O–H groups in total. The Morgan fingerprint density at radius 3 is 2.55 bits per heavy atom. The monoisotopic (exact) mass is 287 g/mol. The van der Waals surface area contributed by atoms with Gasteiger partial charge >= 0.3 is 6.18 Å². The van der Waals surface area contributed by atoms with E-state index in [1.54, 1.807) is 0 Å². The van der Waals surface area contributed by atoms with Gasteiger partial charge in [0, 0.05) is 12.6 Å². The van der Waals surface area contributed by atoms with E-state index >= 15 is 0 Å². The van der Waals surface area contributed by atoms with Crippen molar-refractivity contribution in [2.45, 2.75) is 45.3 Å². The van der Waals surface area contributed by atoms with Crippen LogP contribution in [0.3, 0.4) is 0 Å². The molecule has 1 fully saturated rings. The van der Waals surface area contributed by atoms with Crippen molar-refractivity contribution in [2.24, 2.45) is 5.92 Å². The quantitative estimate of drug-likeness (QED) is 0.826. The summed E-state index contributed by atoms with van der Waals surface area (Å²) in [4.78, 5) is 4.19. The number of anilines is 2. The van der Waals surface area contributed by atoms with E-state index in [0.717, 1.165) is 31.4 Å². The molecule has 0 saturated heterocycles. The Hall–Kier alpha value is -1.46. The Balaban J connectivity index is 2.13. The lowest BCUT2D eigenvalue weighted by molar-refractivity contribution is -0.137. The molecule has 112 valence electrons. The fourth-order valence-electron chi connectivity index (χ4n) is 2.34. The molecule has 0 aromatic carbocycles. The first-order valence-corrected chi connectivity index (χ1v) is 7.03. The minimum absolute atomic E-state index is 0.262. The van der Waals surface area contributed by atoms with Crippen LogP contribution in [0, 0.1) is 5.92 Å². The topological polar surface area (TPSA) is 37.0 Å². The molecule has 0 radical (unpaired) electrons. The molecule has 1 aromatic rings. The summed E-state index contributed by atoms with van der Waals surface area (Å²) in [7, 11) is 0. The molecule has 1 aliphatic rings. The standard InChI is InChI=1S/C14H20F3N3/c1-3-5-9-6-11(9)19-13-8-10(14(15,16)17)7-12(20-13)18-4-2/h7-9,11H,3-6H2,1-2H3,(H2,18,19,20). The average Bonchev–Trinajstić information content (AvgIpc) is 3.06. The summed E-state index contributed by atoms with van der Waals surface area (Å²) in [5.41, 5.74) is -0.668. The van der Waals surface area contributed by atoms with Gasteiger partial charge in [-0.25, -0.2) is 4.98 Å². The fourth-order valence-corrected chi connectivity index (χ4v) is 2.34. The molecular formula is C14H20F3N3. The van der Waals surface area contributed by atoms with E-state index in [0.29, 0.717) is 18.3 Å². The Morgan fingerprint density at radius 1 is 1.25 bits per heavy atom. The van der Waals surface area contributed by atoms with Crippen molar-refractivity contribution in [3.05, 3.63) is 17.7 Å². The predicted octanol–water partition coefficient (Wildman–Crippen LogP) is 4.13. The predicted molar refractivity (Wildman–Crippen MR) is 73.8 cm³/mol. The molecule has 0 amide bonds. The molecular weight excluding hydrogens is 267 g/mol. The minimum Gasteiger partial charge on any atom is -0.370 e. The van der Waals surface area contributed by atoms with Gasteiger partial charge in [0.25, 0.3) is 0 Å². The van der Waals surface area contributed by atoms with E-state index < -0.39 is 11.7 Å². The Morgan fingerprint density at radius 2 is 1.95 bits per heavy atom. The number of nitrogens with zero attached hydrogens (tertiary/aromatic N) is 1. The molecule has 20 heavy (non-hydrogen) atoms. The smallest absolute Gasteiger partial charge is 0.370 e. The van der Waals surface area contributed by atoms with Gasteiger partial charge in [-0.3, -0.25) is 0 Å². The summed E-state index contributed by atoms with van der Waals surface area (Å²) in [6.07, 6.45) is -1.13. The SMILES string of the molecule is CCCC1CC1Nc1cc(C(F)(F)F)cc(NCC)n1. The van der Waals surface area contributed by atoms with Crippen LogP contribution in [0.1, 0.15) is 38.7 Å². The van der Waals surface area contributed by atoms with E-state index in [2.05, 4.69) is 22.5 Å². The molecule has 1 aliphatic carbocycles. The third-order valence-electron chi connectivity index (χ3n) is 3.43. The summed E-state index contributed by atoms with van der Waals surface area (Å²) in [6, 6.07) is 2.40. The van der Waals surface area contributed by atoms with E-state index in [4.69, 9.17) is 0 Å². The van der Waals surface area contributed by atoms with E-state index in [1.807, 2.05) is 6.92 Å². The van der Waals surface area contributed by atoms with E-state index in [1.165, 1.54) is 0 Å². The normalized spacial score (nSPS) is 21.6. The van der Waals surface area contributed by atoms with Gasteiger partial charge in [0.1, 0.15) is 11.6 Å². The molecule has 2 atom stereocenters. The van der Waals surface area contributed by atoms with Crippen molar-refractivity contribution in [1.29, 1.82) is 0 Å². The number of pyridine rings is 1. The second-order valence-corrected chi connectivity index (χ2v) is 5.19. The number of hydrogen-bond acceptors (Lipinski definition) is 3. The molecule has 1 aromatic heterocycles. The second-order valence-electron chi connectivity index (χ2n) is 5.19. The van der Waals surface area contributed by atoms with Crippen molar-refractivity contribution in [3.8, 4) is 0 Å². The fraction of sp³-hybridized carbons (Fsp3) is 0.643. The maximum atomic E-state index is 12.9. The van der Waals surface area contributed by atoms with Crippen molar-refractivity contribution in [2.75, 3.05) is 17.2 Å². The van der Waals surface area contributed by atoms with Crippen LogP contribution in [-0.2, 0) is 6.18 Å². The summed E-state index contributed by atoms with van der Waals surface area (Å²) < 4.78 is 38.6. The zero-order chi connectivity index (χ0) is 14.8. The third-order valence-corrected chi connectivity index (χ3v) is 3.43. The molecule has 1 heterocycles. The largest absolute Gasteiger partial charge is 0.416 e. The van der Waals surface area contributed by atoms with Crippen molar-refractivity contribution in [3.63, 3.8) is 0 Å². The number of aromatic nitrogens is 1. The number of rotatable bonds is 6. The van der Waals surface area contributed by atoms with Crippen molar-refractivity contribution < 1.29 is 13.2 Å². The number of alkyl halides is 3. The summed E-state index contributed by atoms with van der Waals surface area (Å²) in [5, 5.41) is 5.95. The Labute approximate surface area is 117 Å². The van der Waals surface area contributed by atoms with Crippen LogP contribution in [0.5, 0.6) is 0 Å². The lowest BCUT2D eigenvalue weighted by atomic mass is 10.2. The Kier molecular flexibility index (Phi) is 4.40. The van der Waals surface area contributed by atoms with Crippen LogP contribution in [0.15, 0.2) is 12.1 Å². The van der Waals surface area contributed by atoms with Crippen LogP contribution < -0.4 is 10.6 Å². The molecule has 1 saturated carbocycles. The lowest BCUT2D eigenvalue weighted by Gasteiger charge is -2.13. The number of hydrogen-bond donors (Lipinski definition) is 2. The van der Waals surface area contributed by atoms with Gasteiger partial charge < -0.3 is 10.6 Å². The van der Waals surface area contributed by atoms with E-state index in [9.17, 15) is 13.2 Å². The first-order chi connectivity index (χ1) is 9.44. The molecule has 0 aliphatic heterocycles. The van der Waals surface area contributed by atoms with Crippen LogP contribution in [0.25, 0.3) is 0 Å². The summed E-state index contributed by atoms with van der Waals surface area (Å²) in [5.74, 6) is 1.14. The maximum absolute atomic E-state index is 12.9. The first-order valence-electron chi connectivity index (χ1n) is 7.03. The highest BCUT2D eigenvalue weighted by atomic mass is 19.4. The van der Waals surface area contributed by atoms with Crippen molar-refractivity contribution >= 4 is 11.6 Å². The first kappa shape index (κ1) is 14.9. The highest BCUT2D eigenvalue weighted by Gasteiger charge is 2.37. The van der Waals surface area contributed by atoms with Gasteiger partial charge in [0.15, 0.2) is 0 Å². The molecule has 2 unspecified atom stereocenters. The van der Waals surface area contributed by atoms with Gasteiger partial charge in [-0.1, -0.05) is 13.3 Å². The van der Waals surface area contributed by atoms with E-state index in [-0.39, 0.29) is 11.9 Å². The lowest BCUT2D eigenvalue weighted by Crippen LogP contribution is -2.12. The maximum Gasteiger partial charge on any atom is 0.416 e. The average molecular weight is 287 g/mol. The van der Waals surface area contributed by atoms with Gasteiger partial charge in [-0.05, 0) is 37.8 Å². The summed E-state index contributed by atoms with van der Waals surface area (Å²) >= 11 is 0. The van der Waals surface area contributed by atoms with Crippen LogP contribution in [0.4, 0.5) is 24.8 Å². The van der Waals surface area contributed by atoms with Crippen LogP contribution in [-0.4, -0.2) is 17.6 Å². The molecule has 2 rings (SSSR count). The van der Waals surface area contributed by atoms with Crippen LogP contribution >= 0.6 is 0 Å². The zero-order valence-electron chi connectivity index (χ0n) is 11.7. The number of halogens is 3. The molecule has 0 bridgehead atoms. The van der Waals surface area contributed by atoms with Gasteiger partial charge in [-0.2, -0.15) is 13.2 Å². The highest BCUT2D eigenvalue weighted by Crippen LogP contribution is 2.38. The summed E-state index contributed by atoms with van der Waals surface area (Å²) in [6.45, 7) is 4.48. The molecule has 6 heteroatoms. The van der Waals surface area contributed by atoms with Crippen molar-refractivity contribution in [1.82, 2.24) is 4.98 Å². The van der Waals surface area contributed by atoms with Gasteiger partial charge in [-0.15, -0.1) is 0 Å². The highest BCUT2D eigenvalue weighted by molar-refractivity contribution is 5.50. The van der Waals surface area contributed by atoms with Crippen LogP contribution in [0.2, 0.25) is 0 Å². The zero-order valence-corrected chi connectivity index (χ0v) is 11.7. The molecule has 0 spiro atoms. The van der Waals surface area contributed by atoms with Gasteiger partial charge in [0.2, 0.25) is 0 Å². The molecule has 3 nitrogen and oxygen atoms in total. The second kappa shape index (κ2) is 5.89. The minimum atomic E-state index is -4.35. The third kappa shape index (κ3) is 3.77.